The molecule has 0 spiro atoms. The Morgan fingerprint density at radius 1 is 0.913 bits per heavy atom. The van der Waals surface area contributed by atoms with E-state index in [-0.39, 0.29) is 22.8 Å². The lowest BCUT2D eigenvalue weighted by molar-refractivity contribution is 0.103. The molecule has 0 aliphatic carbocycles. The first-order valence-corrected chi connectivity index (χ1v) is 6.83. The fourth-order valence-corrected chi connectivity index (χ4v) is 2.06. The van der Waals surface area contributed by atoms with E-state index < -0.39 is 17.4 Å². The quantitative estimate of drug-likeness (QED) is 0.671. The average Bonchev–Trinajstić information content (AvgIpc) is 2.58. The summed E-state index contributed by atoms with van der Waals surface area (Å²) in [6, 6.07) is 14.0. The third-order valence-corrected chi connectivity index (χ3v) is 3.16. The third kappa shape index (κ3) is 3.23. The summed E-state index contributed by atoms with van der Waals surface area (Å²) in [6.45, 7) is 0. The summed E-state index contributed by atoms with van der Waals surface area (Å²) in [5.41, 5.74) is 0.283. The molecule has 1 aromatic heterocycles. The Bertz CT molecular complexity index is 833. The van der Waals surface area contributed by atoms with Gasteiger partial charge in [0.1, 0.15) is 5.82 Å². The van der Waals surface area contributed by atoms with E-state index in [9.17, 15) is 13.6 Å². The van der Waals surface area contributed by atoms with Crippen LogP contribution in [0.5, 0.6) is 11.6 Å². The van der Waals surface area contributed by atoms with Gasteiger partial charge in [-0.3, -0.25) is 4.79 Å². The SMILES string of the molecule is O=C(c1ccc(F)cc1)c1cccc(F)c1Oc1ccccn1. The Balaban J connectivity index is 2.00. The van der Waals surface area contributed by atoms with Crippen LogP contribution in [-0.2, 0) is 0 Å². The van der Waals surface area contributed by atoms with Crippen molar-refractivity contribution in [1.29, 1.82) is 0 Å². The van der Waals surface area contributed by atoms with E-state index in [0.29, 0.717) is 0 Å². The van der Waals surface area contributed by atoms with E-state index >= 15 is 0 Å². The van der Waals surface area contributed by atoms with Crippen LogP contribution >= 0.6 is 0 Å². The number of ketones is 1. The number of para-hydroxylation sites is 1. The first-order chi connectivity index (χ1) is 11.1. The van der Waals surface area contributed by atoms with Crippen molar-refractivity contribution in [3.63, 3.8) is 0 Å². The van der Waals surface area contributed by atoms with Crippen LogP contribution in [0.4, 0.5) is 8.78 Å². The summed E-state index contributed by atoms with van der Waals surface area (Å²) in [5.74, 6) is -1.63. The Kier molecular flexibility index (Phi) is 4.10. The number of halogens is 2. The highest BCUT2D eigenvalue weighted by Gasteiger charge is 2.19. The van der Waals surface area contributed by atoms with Gasteiger partial charge in [0.2, 0.25) is 5.88 Å². The van der Waals surface area contributed by atoms with Gasteiger partial charge >= 0.3 is 0 Å². The van der Waals surface area contributed by atoms with Crippen LogP contribution in [0.25, 0.3) is 0 Å². The van der Waals surface area contributed by atoms with Gasteiger partial charge in [-0.2, -0.15) is 0 Å². The maximum atomic E-state index is 14.1. The van der Waals surface area contributed by atoms with E-state index in [4.69, 9.17) is 4.74 Å². The minimum Gasteiger partial charge on any atom is -0.435 e. The van der Waals surface area contributed by atoms with Crippen molar-refractivity contribution in [2.75, 3.05) is 0 Å². The summed E-state index contributed by atoms with van der Waals surface area (Å²) < 4.78 is 32.5. The summed E-state index contributed by atoms with van der Waals surface area (Å²) in [5, 5.41) is 0. The monoisotopic (exact) mass is 311 g/mol. The minimum atomic E-state index is -0.677. The van der Waals surface area contributed by atoms with Gasteiger partial charge in [-0.15, -0.1) is 0 Å². The normalized spacial score (nSPS) is 10.3. The minimum absolute atomic E-state index is 0.0438. The lowest BCUT2D eigenvalue weighted by Gasteiger charge is -2.10. The highest BCUT2D eigenvalue weighted by atomic mass is 19.1. The predicted molar refractivity (Wildman–Crippen MR) is 80.5 cm³/mol. The van der Waals surface area contributed by atoms with Crippen molar-refractivity contribution >= 4 is 5.78 Å². The number of carbonyl (C=O) groups is 1. The third-order valence-electron chi connectivity index (χ3n) is 3.16. The van der Waals surface area contributed by atoms with Crippen molar-refractivity contribution in [3.05, 3.63) is 89.6 Å². The Morgan fingerprint density at radius 3 is 2.39 bits per heavy atom. The first-order valence-electron chi connectivity index (χ1n) is 6.83. The van der Waals surface area contributed by atoms with Crippen molar-refractivity contribution in [3.8, 4) is 11.6 Å². The predicted octanol–water partition coefficient (Wildman–Crippen LogP) is 4.38. The van der Waals surface area contributed by atoms with E-state index in [2.05, 4.69) is 4.98 Å². The second kappa shape index (κ2) is 6.36. The molecule has 2 aromatic carbocycles. The van der Waals surface area contributed by atoms with E-state index in [1.54, 1.807) is 18.2 Å². The molecule has 0 unspecified atom stereocenters. The standard InChI is InChI=1S/C18H11F2NO2/c19-13-9-7-12(8-10-13)17(22)14-4-3-5-15(20)18(14)23-16-6-1-2-11-21-16/h1-11H. The van der Waals surface area contributed by atoms with Gasteiger partial charge in [0.05, 0.1) is 5.56 Å². The molecule has 5 heteroatoms. The molecule has 0 atom stereocenters. The number of pyridine rings is 1. The lowest BCUT2D eigenvalue weighted by atomic mass is 10.0. The molecule has 23 heavy (non-hydrogen) atoms. The first kappa shape index (κ1) is 14.8. The highest BCUT2D eigenvalue weighted by Crippen LogP contribution is 2.29. The molecule has 3 rings (SSSR count). The number of hydrogen-bond donors (Lipinski definition) is 0. The van der Waals surface area contributed by atoms with Crippen molar-refractivity contribution < 1.29 is 18.3 Å². The average molecular weight is 311 g/mol. The number of nitrogens with zero attached hydrogens (tertiary/aromatic N) is 1. The van der Waals surface area contributed by atoms with Gasteiger partial charge in [-0.1, -0.05) is 12.1 Å². The summed E-state index contributed by atoms with van der Waals surface area (Å²) in [4.78, 5) is 16.5. The maximum Gasteiger partial charge on any atom is 0.219 e. The molecule has 0 radical (unpaired) electrons. The Morgan fingerprint density at radius 2 is 1.70 bits per heavy atom. The Hall–Kier alpha value is -3.08. The molecule has 0 aliphatic rings. The number of aromatic nitrogens is 1. The zero-order valence-electron chi connectivity index (χ0n) is 11.9. The molecule has 0 aliphatic heterocycles. The molecule has 0 saturated carbocycles. The molecule has 3 aromatic rings. The number of rotatable bonds is 4. The molecular formula is C18H11F2NO2. The largest absolute Gasteiger partial charge is 0.435 e. The number of hydrogen-bond acceptors (Lipinski definition) is 3. The summed E-state index contributed by atoms with van der Waals surface area (Å²) >= 11 is 0. The second-order valence-electron chi connectivity index (χ2n) is 4.72. The number of carbonyl (C=O) groups excluding carboxylic acids is 1. The van der Waals surface area contributed by atoms with Gasteiger partial charge in [0.25, 0.3) is 0 Å². The maximum absolute atomic E-state index is 14.1. The summed E-state index contributed by atoms with van der Waals surface area (Å²) in [7, 11) is 0. The molecule has 0 fully saturated rings. The molecular weight excluding hydrogens is 300 g/mol. The van der Waals surface area contributed by atoms with Crippen LogP contribution in [0.1, 0.15) is 15.9 Å². The molecule has 114 valence electrons. The highest BCUT2D eigenvalue weighted by molar-refractivity contribution is 6.10. The fourth-order valence-electron chi connectivity index (χ4n) is 2.06. The molecule has 3 nitrogen and oxygen atoms in total. The van der Waals surface area contributed by atoms with Crippen LogP contribution in [0.2, 0.25) is 0 Å². The van der Waals surface area contributed by atoms with Gasteiger partial charge in [0.15, 0.2) is 17.3 Å². The number of benzene rings is 2. The van der Waals surface area contributed by atoms with Crippen LogP contribution in [0.15, 0.2) is 66.9 Å². The zero-order chi connectivity index (χ0) is 16.2. The fraction of sp³-hybridized carbons (Fsp3) is 0. The second-order valence-corrected chi connectivity index (χ2v) is 4.72. The van der Waals surface area contributed by atoms with E-state index in [1.807, 2.05) is 0 Å². The smallest absolute Gasteiger partial charge is 0.219 e. The lowest BCUT2D eigenvalue weighted by Crippen LogP contribution is -2.05. The van der Waals surface area contributed by atoms with Crippen LogP contribution in [-0.4, -0.2) is 10.8 Å². The van der Waals surface area contributed by atoms with Gasteiger partial charge < -0.3 is 4.74 Å². The van der Waals surface area contributed by atoms with Crippen molar-refractivity contribution in [1.82, 2.24) is 4.98 Å². The zero-order valence-corrected chi connectivity index (χ0v) is 11.9. The van der Waals surface area contributed by atoms with Gasteiger partial charge in [-0.05, 0) is 42.5 Å². The van der Waals surface area contributed by atoms with E-state index in [1.165, 1.54) is 48.7 Å². The van der Waals surface area contributed by atoms with Crippen LogP contribution in [0.3, 0.4) is 0 Å². The molecule has 0 saturated heterocycles. The van der Waals surface area contributed by atoms with Gasteiger partial charge in [0, 0.05) is 17.8 Å². The van der Waals surface area contributed by atoms with Crippen LogP contribution < -0.4 is 4.74 Å². The van der Waals surface area contributed by atoms with E-state index in [0.717, 1.165) is 0 Å². The Labute approximate surface area is 131 Å². The van der Waals surface area contributed by atoms with Crippen molar-refractivity contribution in [2.45, 2.75) is 0 Å². The summed E-state index contributed by atoms with van der Waals surface area (Å²) in [6.07, 6.45) is 1.50. The molecule has 0 bridgehead atoms. The van der Waals surface area contributed by atoms with Crippen molar-refractivity contribution in [2.24, 2.45) is 0 Å². The molecule has 0 amide bonds. The molecule has 1 heterocycles. The van der Waals surface area contributed by atoms with Crippen LogP contribution in [0, 0.1) is 11.6 Å². The molecule has 0 N–H and O–H groups in total. The van der Waals surface area contributed by atoms with Gasteiger partial charge in [-0.25, -0.2) is 13.8 Å². The topological polar surface area (TPSA) is 39.2 Å². The number of ether oxygens (including phenoxy) is 1.